The number of nitrogens with one attached hydrogen (secondary N) is 2. The monoisotopic (exact) mass is 330 g/mol. The highest BCUT2D eigenvalue weighted by Crippen LogP contribution is 2.33. The highest BCUT2D eigenvalue weighted by Gasteiger charge is 2.31. The van der Waals surface area contributed by atoms with E-state index >= 15 is 0 Å². The number of hydrogen-bond donors (Lipinski definition) is 2. The van der Waals surface area contributed by atoms with Gasteiger partial charge >= 0.3 is 6.03 Å². The predicted molar refractivity (Wildman–Crippen MR) is 94.3 cm³/mol. The summed E-state index contributed by atoms with van der Waals surface area (Å²) in [5.74, 6) is 0.579. The Morgan fingerprint density at radius 1 is 1.42 bits per heavy atom. The van der Waals surface area contributed by atoms with Crippen molar-refractivity contribution in [2.75, 3.05) is 25.1 Å². The van der Waals surface area contributed by atoms with Gasteiger partial charge in [0, 0.05) is 43.9 Å². The molecule has 3 heterocycles. The molecule has 0 spiro atoms. The average Bonchev–Trinajstić information content (AvgIpc) is 2.93. The molecule has 24 heavy (non-hydrogen) atoms. The number of imidazole rings is 1. The highest BCUT2D eigenvalue weighted by atomic mass is 16.5. The molecule has 0 unspecified atom stereocenters. The standard InChI is InChI=1S/C18H26N4O2/c1-13-11-22-7-4-15(10-16(22)20-13)21-17(23)19-12-18(2,3)14-5-8-24-9-6-14/h4,7,10-11,14H,5-6,8-9,12H2,1-3H3,(H2,19,21,23). The van der Waals surface area contributed by atoms with Crippen LogP contribution in [-0.4, -0.2) is 35.2 Å². The van der Waals surface area contributed by atoms with E-state index in [2.05, 4.69) is 29.5 Å². The summed E-state index contributed by atoms with van der Waals surface area (Å²) in [5.41, 5.74) is 2.59. The largest absolute Gasteiger partial charge is 0.381 e. The van der Waals surface area contributed by atoms with Gasteiger partial charge in [0.05, 0.1) is 5.69 Å². The number of aromatic nitrogens is 2. The third-order valence-electron chi connectivity index (χ3n) is 4.87. The number of anilines is 1. The Hall–Kier alpha value is -2.08. The Morgan fingerprint density at radius 2 is 2.17 bits per heavy atom. The molecule has 3 rings (SSSR count). The Bertz CT molecular complexity index is 717. The number of carbonyl (C=O) groups excluding carboxylic acids is 1. The van der Waals surface area contributed by atoms with Crippen molar-refractivity contribution < 1.29 is 9.53 Å². The third-order valence-corrected chi connectivity index (χ3v) is 4.87. The summed E-state index contributed by atoms with van der Waals surface area (Å²) in [6, 6.07) is 3.57. The number of rotatable bonds is 4. The van der Waals surface area contributed by atoms with Crippen molar-refractivity contribution in [2.45, 2.75) is 33.6 Å². The van der Waals surface area contributed by atoms with Crippen LogP contribution in [0.25, 0.3) is 5.65 Å². The molecule has 1 aliphatic rings. The van der Waals surface area contributed by atoms with Gasteiger partial charge in [-0.05, 0) is 37.2 Å². The minimum Gasteiger partial charge on any atom is -0.381 e. The second-order valence-electron chi connectivity index (χ2n) is 7.25. The molecule has 0 aromatic carbocycles. The van der Waals surface area contributed by atoms with Gasteiger partial charge in [-0.25, -0.2) is 9.78 Å². The number of urea groups is 1. The van der Waals surface area contributed by atoms with Crippen LogP contribution in [-0.2, 0) is 4.74 Å². The van der Waals surface area contributed by atoms with Crippen LogP contribution < -0.4 is 10.6 Å². The lowest BCUT2D eigenvalue weighted by molar-refractivity contribution is 0.0238. The quantitative estimate of drug-likeness (QED) is 0.904. The third kappa shape index (κ3) is 3.87. The predicted octanol–water partition coefficient (Wildman–Crippen LogP) is 3.22. The molecule has 0 radical (unpaired) electrons. The van der Waals surface area contributed by atoms with Crippen molar-refractivity contribution in [2.24, 2.45) is 11.3 Å². The summed E-state index contributed by atoms with van der Waals surface area (Å²) in [7, 11) is 0. The van der Waals surface area contributed by atoms with E-state index in [1.54, 1.807) is 0 Å². The number of pyridine rings is 1. The molecule has 2 aromatic heterocycles. The van der Waals surface area contributed by atoms with E-state index in [4.69, 9.17) is 4.74 Å². The number of amides is 2. The molecule has 6 nitrogen and oxygen atoms in total. The van der Waals surface area contributed by atoms with E-state index in [0.717, 1.165) is 43.1 Å². The zero-order chi connectivity index (χ0) is 17.2. The zero-order valence-electron chi connectivity index (χ0n) is 14.6. The van der Waals surface area contributed by atoms with E-state index in [0.29, 0.717) is 12.5 Å². The van der Waals surface area contributed by atoms with Crippen molar-refractivity contribution in [3.8, 4) is 0 Å². The number of aryl methyl sites for hydroxylation is 1. The molecule has 0 bridgehead atoms. The smallest absolute Gasteiger partial charge is 0.319 e. The van der Waals surface area contributed by atoms with Crippen molar-refractivity contribution in [3.63, 3.8) is 0 Å². The number of nitrogens with zero attached hydrogens (tertiary/aromatic N) is 2. The van der Waals surface area contributed by atoms with Gasteiger partial charge in [0.25, 0.3) is 0 Å². The second kappa shape index (κ2) is 6.81. The fourth-order valence-corrected chi connectivity index (χ4v) is 3.29. The minimum atomic E-state index is -0.178. The van der Waals surface area contributed by atoms with Crippen LogP contribution in [0.15, 0.2) is 24.5 Å². The first-order valence-electron chi connectivity index (χ1n) is 8.52. The summed E-state index contributed by atoms with van der Waals surface area (Å²) in [6.07, 6.45) is 5.98. The topological polar surface area (TPSA) is 67.7 Å². The number of fused-ring (bicyclic) bond motifs is 1. The van der Waals surface area contributed by atoms with Crippen LogP contribution in [0, 0.1) is 18.3 Å². The van der Waals surface area contributed by atoms with Crippen molar-refractivity contribution in [1.82, 2.24) is 14.7 Å². The van der Waals surface area contributed by atoms with Gasteiger partial charge in [-0.15, -0.1) is 0 Å². The molecular formula is C18H26N4O2. The Labute approximate surface area is 142 Å². The zero-order valence-corrected chi connectivity index (χ0v) is 14.6. The molecule has 0 saturated carbocycles. The molecule has 2 amide bonds. The first-order valence-corrected chi connectivity index (χ1v) is 8.52. The number of hydrogen-bond acceptors (Lipinski definition) is 3. The van der Waals surface area contributed by atoms with Gasteiger partial charge in [-0.2, -0.15) is 0 Å². The first kappa shape index (κ1) is 16.8. The maximum absolute atomic E-state index is 12.2. The highest BCUT2D eigenvalue weighted by molar-refractivity contribution is 5.89. The summed E-state index contributed by atoms with van der Waals surface area (Å²) in [4.78, 5) is 16.6. The minimum absolute atomic E-state index is 0.0608. The SMILES string of the molecule is Cc1cn2ccc(NC(=O)NCC(C)(C)C3CCOCC3)cc2n1. The maximum atomic E-state index is 12.2. The van der Waals surface area contributed by atoms with Gasteiger partial charge in [0.1, 0.15) is 5.65 Å². The molecule has 0 aliphatic carbocycles. The maximum Gasteiger partial charge on any atom is 0.319 e. The van der Waals surface area contributed by atoms with Crippen molar-refractivity contribution in [3.05, 3.63) is 30.2 Å². The molecule has 0 atom stereocenters. The number of ether oxygens (including phenoxy) is 1. The molecule has 1 saturated heterocycles. The van der Waals surface area contributed by atoms with E-state index < -0.39 is 0 Å². The van der Waals surface area contributed by atoms with Crippen LogP contribution in [0.5, 0.6) is 0 Å². The van der Waals surface area contributed by atoms with E-state index in [1.807, 2.05) is 35.9 Å². The van der Waals surface area contributed by atoms with Gasteiger partial charge in [-0.1, -0.05) is 13.8 Å². The van der Waals surface area contributed by atoms with Crippen LogP contribution in [0.3, 0.4) is 0 Å². The van der Waals surface area contributed by atoms with Crippen LogP contribution >= 0.6 is 0 Å². The van der Waals surface area contributed by atoms with Crippen molar-refractivity contribution >= 4 is 17.4 Å². The lowest BCUT2D eigenvalue weighted by atomic mass is 9.74. The lowest BCUT2D eigenvalue weighted by Crippen LogP contribution is -2.42. The second-order valence-corrected chi connectivity index (χ2v) is 7.25. The summed E-state index contributed by atoms with van der Waals surface area (Å²) < 4.78 is 7.37. The lowest BCUT2D eigenvalue weighted by Gasteiger charge is -2.37. The summed E-state index contributed by atoms with van der Waals surface area (Å²) >= 11 is 0. The molecular weight excluding hydrogens is 304 g/mol. The summed E-state index contributed by atoms with van der Waals surface area (Å²) in [5, 5.41) is 5.89. The number of carbonyl (C=O) groups is 1. The van der Waals surface area contributed by atoms with Gasteiger partial charge in [-0.3, -0.25) is 0 Å². The fourth-order valence-electron chi connectivity index (χ4n) is 3.29. The molecule has 2 N–H and O–H groups in total. The Kier molecular flexibility index (Phi) is 4.76. The van der Waals surface area contributed by atoms with Crippen molar-refractivity contribution in [1.29, 1.82) is 0 Å². The van der Waals surface area contributed by atoms with E-state index in [9.17, 15) is 4.79 Å². The Morgan fingerprint density at radius 3 is 2.92 bits per heavy atom. The van der Waals surface area contributed by atoms with Crippen LogP contribution in [0.2, 0.25) is 0 Å². The molecule has 130 valence electrons. The van der Waals surface area contributed by atoms with Crippen LogP contribution in [0.1, 0.15) is 32.4 Å². The fraction of sp³-hybridized carbons (Fsp3) is 0.556. The summed E-state index contributed by atoms with van der Waals surface area (Å²) in [6.45, 7) is 8.67. The normalized spacial score (nSPS) is 16.3. The van der Waals surface area contributed by atoms with Gasteiger partial charge < -0.3 is 19.8 Å². The Balaban J connectivity index is 1.56. The van der Waals surface area contributed by atoms with Gasteiger partial charge in [0.15, 0.2) is 0 Å². The first-order chi connectivity index (χ1) is 11.4. The molecule has 1 fully saturated rings. The molecule has 6 heteroatoms. The molecule has 1 aliphatic heterocycles. The molecule has 2 aromatic rings. The average molecular weight is 330 g/mol. The van der Waals surface area contributed by atoms with Gasteiger partial charge in [0.2, 0.25) is 0 Å². The van der Waals surface area contributed by atoms with Crippen LogP contribution in [0.4, 0.5) is 10.5 Å². The van der Waals surface area contributed by atoms with E-state index in [1.165, 1.54) is 0 Å². The van der Waals surface area contributed by atoms with E-state index in [-0.39, 0.29) is 11.4 Å².